The molecule has 0 amide bonds. The van der Waals surface area contributed by atoms with Crippen LogP contribution >= 0.6 is 59.1 Å². The SMILES string of the molecule is C.CC(C)c1cc(N2CCCN(Cc3csc(-c4ccccc4)n3)CC2)c2ncccc2c1.CC(C)c1cc(N2CCCNCC2)c2ncccc2c1.Cl.Cl.ClCc1csc(-c2ccccc2)n1. The molecule has 6 heterocycles. The van der Waals surface area contributed by atoms with Crippen LogP contribution in [0.3, 0.4) is 0 Å². The molecule has 13 heteroatoms. The van der Waals surface area contributed by atoms with Gasteiger partial charge < -0.3 is 15.1 Å². The predicted octanol–water partition coefficient (Wildman–Crippen LogP) is 14.4. The standard InChI is InChI=1S/C27H30N4S.C17H23N3.C10H8ClNS.CH4.2ClH/c1-20(2)23-16-22-10-6-11-28-26(22)25(17-23)31-13-7-12-30(14-15-31)18-24-19-32-27(29-24)21-8-4-3-5-9-21;1-13(2)15-11-14-5-3-7-19-17(14)16(12-15)20-9-4-6-18-8-10-20;11-6-9-7-13-10(12-9)8-4-2-1-3-5-8;;;/h3-6,8-11,16-17,19-20H,7,12-15,18H2,1-2H3;3,5,7,11-13,18H,4,6,8-10H2,1-2H3;1-5,7H,6H2;1H4;2*1H. The molecule has 8 aromatic rings. The lowest BCUT2D eigenvalue weighted by Crippen LogP contribution is -2.30. The molecule has 4 aromatic heterocycles. The van der Waals surface area contributed by atoms with E-state index in [1.807, 2.05) is 48.1 Å². The van der Waals surface area contributed by atoms with Gasteiger partial charge in [-0.15, -0.1) is 59.1 Å². The number of hydrogen-bond donors (Lipinski definition) is 1. The van der Waals surface area contributed by atoms with Crippen molar-refractivity contribution in [3.63, 3.8) is 0 Å². The summed E-state index contributed by atoms with van der Waals surface area (Å²) in [7, 11) is 0. The zero-order valence-corrected chi connectivity index (χ0v) is 43.0. The first kappa shape index (κ1) is 54.3. The first-order chi connectivity index (χ1) is 31.8. The molecular weight excluding hydrogens is 943 g/mol. The average Bonchev–Trinajstić information content (AvgIpc) is 3.87. The molecule has 0 spiro atoms. The van der Waals surface area contributed by atoms with Crippen LogP contribution in [0.15, 0.2) is 132 Å². The van der Waals surface area contributed by atoms with Crippen LogP contribution in [0.1, 0.15) is 82.3 Å². The summed E-state index contributed by atoms with van der Waals surface area (Å²) in [5.41, 5.74) is 12.1. The summed E-state index contributed by atoms with van der Waals surface area (Å²) < 4.78 is 0. The molecule has 2 aliphatic rings. The quantitative estimate of drug-likeness (QED) is 0.143. The molecule has 2 fully saturated rings. The number of alkyl halides is 1. The van der Waals surface area contributed by atoms with Gasteiger partial charge in [0.1, 0.15) is 10.0 Å². The molecule has 0 bridgehead atoms. The maximum Gasteiger partial charge on any atom is 0.123 e. The van der Waals surface area contributed by atoms with E-state index in [4.69, 9.17) is 21.6 Å². The van der Waals surface area contributed by atoms with Crippen LogP contribution in [0.4, 0.5) is 11.4 Å². The number of halogens is 3. The summed E-state index contributed by atoms with van der Waals surface area (Å²) in [6, 6.07) is 38.3. The highest BCUT2D eigenvalue weighted by Gasteiger charge is 2.20. The fraction of sp³-hybridized carbons (Fsp3) is 0.345. The van der Waals surface area contributed by atoms with Crippen LogP contribution in [-0.4, -0.2) is 77.2 Å². The Morgan fingerprint density at radius 1 is 0.574 bits per heavy atom. The Hall–Kier alpha value is -4.65. The van der Waals surface area contributed by atoms with Crippen LogP contribution in [0.25, 0.3) is 42.9 Å². The monoisotopic (exact) mass is 1010 g/mol. The smallest absolute Gasteiger partial charge is 0.123 e. The average molecular weight is 1010 g/mol. The molecule has 360 valence electrons. The highest BCUT2D eigenvalue weighted by molar-refractivity contribution is 7.13. The topological polar surface area (TPSA) is 73.3 Å². The maximum atomic E-state index is 5.67. The van der Waals surface area contributed by atoms with E-state index in [0.29, 0.717) is 17.7 Å². The van der Waals surface area contributed by atoms with Crippen molar-refractivity contribution in [2.45, 2.75) is 72.2 Å². The van der Waals surface area contributed by atoms with Crippen molar-refractivity contribution in [1.82, 2.24) is 30.2 Å². The minimum atomic E-state index is 0. The number of anilines is 2. The van der Waals surface area contributed by atoms with Crippen molar-refractivity contribution in [3.05, 3.63) is 155 Å². The molecule has 68 heavy (non-hydrogen) atoms. The van der Waals surface area contributed by atoms with E-state index >= 15 is 0 Å². The summed E-state index contributed by atoms with van der Waals surface area (Å²) in [6.07, 6.45) is 6.16. The Bertz CT molecular complexity index is 2720. The van der Waals surface area contributed by atoms with Crippen molar-refractivity contribution in [3.8, 4) is 21.1 Å². The van der Waals surface area contributed by atoms with E-state index in [-0.39, 0.29) is 32.2 Å². The Morgan fingerprint density at radius 3 is 1.62 bits per heavy atom. The fourth-order valence-electron chi connectivity index (χ4n) is 8.40. The minimum Gasteiger partial charge on any atom is -0.368 e. The number of hydrogen-bond acceptors (Lipinski definition) is 10. The Morgan fingerprint density at radius 2 is 1.09 bits per heavy atom. The van der Waals surface area contributed by atoms with Gasteiger partial charge in [-0.05, 0) is 78.7 Å². The lowest BCUT2D eigenvalue weighted by atomic mass is 9.99. The van der Waals surface area contributed by atoms with Crippen LogP contribution in [0.2, 0.25) is 0 Å². The number of nitrogens with zero attached hydrogens (tertiary/aromatic N) is 7. The minimum absolute atomic E-state index is 0. The Kier molecular flexibility index (Phi) is 21.5. The van der Waals surface area contributed by atoms with Gasteiger partial charge in [0.2, 0.25) is 0 Å². The lowest BCUT2D eigenvalue weighted by Gasteiger charge is -2.25. The highest BCUT2D eigenvalue weighted by atomic mass is 35.5. The van der Waals surface area contributed by atoms with Crippen molar-refractivity contribution >= 4 is 92.3 Å². The molecule has 0 radical (unpaired) electrons. The van der Waals surface area contributed by atoms with E-state index in [0.717, 1.165) is 97.6 Å². The maximum absolute atomic E-state index is 5.67. The van der Waals surface area contributed by atoms with Crippen molar-refractivity contribution < 1.29 is 0 Å². The van der Waals surface area contributed by atoms with Gasteiger partial charge in [0.25, 0.3) is 0 Å². The molecule has 0 aliphatic carbocycles. The predicted molar refractivity (Wildman–Crippen MR) is 299 cm³/mol. The van der Waals surface area contributed by atoms with E-state index in [1.54, 1.807) is 22.7 Å². The van der Waals surface area contributed by atoms with Crippen molar-refractivity contribution in [2.24, 2.45) is 0 Å². The normalized spacial score (nSPS) is 14.1. The molecule has 2 aliphatic heterocycles. The van der Waals surface area contributed by atoms with Crippen molar-refractivity contribution in [1.29, 1.82) is 0 Å². The number of thiazole rings is 2. The van der Waals surface area contributed by atoms with E-state index in [9.17, 15) is 0 Å². The summed E-state index contributed by atoms with van der Waals surface area (Å²) in [5, 5.41) is 12.3. The zero-order valence-electron chi connectivity index (χ0n) is 39.0. The number of aromatic nitrogens is 4. The van der Waals surface area contributed by atoms with Gasteiger partial charge in [-0.3, -0.25) is 14.9 Å². The van der Waals surface area contributed by atoms with Gasteiger partial charge >= 0.3 is 0 Å². The lowest BCUT2D eigenvalue weighted by molar-refractivity contribution is 0.282. The second-order valence-corrected chi connectivity index (χ2v) is 19.4. The molecule has 8 nitrogen and oxygen atoms in total. The third-order valence-corrected chi connectivity index (χ3v) is 14.2. The number of nitrogens with one attached hydrogen (secondary N) is 1. The van der Waals surface area contributed by atoms with Crippen LogP contribution in [0.5, 0.6) is 0 Å². The molecular formula is C55H67Cl3N8S2. The van der Waals surface area contributed by atoms with Gasteiger partial charge in [-0.1, -0.05) is 108 Å². The van der Waals surface area contributed by atoms with Gasteiger partial charge in [0.05, 0.1) is 39.7 Å². The Labute approximate surface area is 430 Å². The van der Waals surface area contributed by atoms with Crippen LogP contribution in [0, 0.1) is 0 Å². The molecule has 0 atom stereocenters. The first-order valence-electron chi connectivity index (χ1n) is 23.1. The second-order valence-electron chi connectivity index (χ2n) is 17.4. The molecule has 10 rings (SSSR count). The van der Waals surface area contributed by atoms with Gasteiger partial charge in [0.15, 0.2) is 0 Å². The van der Waals surface area contributed by atoms with E-state index in [1.165, 1.54) is 51.0 Å². The highest BCUT2D eigenvalue weighted by Crippen LogP contribution is 2.33. The zero-order chi connectivity index (χ0) is 45.0. The van der Waals surface area contributed by atoms with Gasteiger partial charge in [-0.25, -0.2) is 9.97 Å². The van der Waals surface area contributed by atoms with Crippen LogP contribution in [-0.2, 0) is 12.4 Å². The Balaban J connectivity index is 0.000000206. The fourth-order valence-corrected chi connectivity index (χ4v) is 10.3. The first-order valence-corrected chi connectivity index (χ1v) is 25.4. The molecule has 0 unspecified atom stereocenters. The summed E-state index contributed by atoms with van der Waals surface area (Å²) in [4.78, 5) is 26.2. The summed E-state index contributed by atoms with van der Waals surface area (Å²) >= 11 is 9.05. The number of fused-ring (bicyclic) bond motifs is 2. The number of pyridine rings is 2. The van der Waals surface area contributed by atoms with Gasteiger partial charge in [-0.2, -0.15) is 0 Å². The number of benzene rings is 4. The molecule has 2 saturated heterocycles. The number of rotatable bonds is 9. The third kappa shape index (κ3) is 14.2. The van der Waals surface area contributed by atoms with Crippen molar-refractivity contribution in [2.75, 3.05) is 62.2 Å². The second kappa shape index (κ2) is 26.9. The molecule has 1 N–H and O–H groups in total. The molecule has 0 saturated carbocycles. The van der Waals surface area contributed by atoms with Gasteiger partial charge in [0, 0.05) is 97.4 Å². The summed E-state index contributed by atoms with van der Waals surface area (Å²) in [5.74, 6) is 1.54. The van der Waals surface area contributed by atoms with E-state index in [2.05, 4.69) is 142 Å². The largest absolute Gasteiger partial charge is 0.368 e. The van der Waals surface area contributed by atoms with E-state index < -0.39 is 0 Å². The van der Waals surface area contributed by atoms with Crippen LogP contribution < -0.4 is 15.1 Å². The summed E-state index contributed by atoms with van der Waals surface area (Å²) in [6.45, 7) is 18.5. The molecule has 4 aromatic carbocycles. The third-order valence-electron chi connectivity index (χ3n) is 12.0.